The van der Waals surface area contributed by atoms with Gasteiger partial charge in [0.2, 0.25) is 0 Å². The van der Waals surface area contributed by atoms with E-state index in [-0.39, 0.29) is 11.1 Å². The van der Waals surface area contributed by atoms with Gasteiger partial charge in [0.05, 0.1) is 12.1 Å². The van der Waals surface area contributed by atoms with Crippen molar-refractivity contribution < 1.29 is 4.79 Å². The number of hydrogen-bond donors (Lipinski definition) is 1. The number of carbonyl (C=O) groups excluding carboxylic acids is 1. The van der Waals surface area contributed by atoms with Gasteiger partial charge in [-0.25, -0.2) is 4.98 Å². The molecule has 0 atom stereocenters. The molecule has 18 heavy (non-hydrogen) atoms. The number of hydrogen-bond acceptors (Lipinski definition) is 4. The summed E-state index contributed by atoms with van der Waals surface area (Å²) in [5, 5.41) is 10.6. The maximum atomic E-state index is 11.9. The highest BCUT2D eigenvalue weighted by atomic mass is 35.5. The number of rotatable bonds is 4. The molecule has 2 heterocycles. The Kier molecular flexibility index (Phi) is 3.88. The van der Waals surface area contributed by atoms with Gasteiger partial charge in [0.1, 0.15) is 11.5 Å². The van der Waals surface area contributed by atoms with Gasteiger partial charge in [-0.05, 0) is 19.1 Å². The highest BCUT2D eigenvalue weighted by Crippen LogP contribution is 2.11. The standard InChI is InChI=1S/C11H12ClN5O/c1-2-17-7-15-16-9(17)6-14-11(18)8-4-3-5-13-10(8)12/h3-5,7H,2,6H2,1H3,(H,14,18). The maximum absolute atomic E-state index is 11.9. The largest absolute Gasteiger partial charge is 0.345 e. The monoisotopic (exact) mass is 265 g/mol. The minimum atomic E-state index is -0.279. The summed E-state index contributed by atoms with van der Waals surface area (Å²) in [5.41, 5.74) is 0.349. The van der Waals surface area contributed by atoms with Crippen LogP contribution in [-0.2, 0) is 13.1 Å². The summed E-state index contributed by atoms with van der Waals surface area (Å²) in [6.07, 6.45) is 3.16. The molecule has 0 bridgehead atoms. The fourth-order valence-electron chi connectivity index (χ4n) is 1.49. The topological polar surface area (TPSA) is 72.7 Å². The van der Waals surface area contributed by atoms with Crippen LogP contribution >= 0.6 is 11.6 Å². The molecule has 2 aromatic rings. The molecule has 0 aliphatic carbocycles. The lowest BCUT2D eigenvalue weighted by Crippen LogP contribution is -2.25. The van der Waals surface area contributed by atoms with Crippen molar-refractivity contribution in [2.24, 2.45) is 0 Å². The van der Waals surface area contributed by atoms with E-state index in [1.807, 2.05) is 11.5 Å². The molecule has 2 rings (SSSR count). The van der Waals surface area contributed by atoms with Crippen LogP contribution in [0.5, 0.6) is 0 Å². The van der Waals surface area contributed by atoms with Crippen LogP contribution in [0.25, 0.3) is 0 Å². The van der Waals surface area contributed by atoms with Gasteiger partial charge in [-0.1, -0.05) is 11.6 Å². The van der Waals surface area contributed by atoms with Gasteiger partial charge in [-0.3, -0.25) is 4.79 Å². The van der Waals surface area contributed by atoms with Gasteiger partial charge >= 0.3 is 0 Å². The predicted molar refractivity (Wildman–Crippen MR) is 66.1 cm³/mol. The number of amides is 1. The molecule has 0 aliphatic heterocycles. The number of halogens is 1. The third-order valence-electron chi connectivity index (χ3n) is 2.45. The second-order valence-corrected chi connectivity index (χ2v) is 3.92. The molecule has 0 saturated carbocycles. The van der Waals surface area contributed by atoms with Crippen molar-refractivity contribution in [3.05, 3.63) is 41.2 Å². The third kappa shape index (κ3) is 2.65. The first-order valence-electron chi connectivity index (χ1n) is 5.47. The molecule has 6 nitrogen and oxygen atoms in total. The zero-order valence-corrected chi connectivity index (χ0v) is 10.6. The Bertz CT molecular complexity index is 554. The van der Waals surface area contributed by atoms with Crippen LogP contribution in [0, 0.1) is 0 Å². The van der Waals surface area contributed by atoms with Crippen molar-refractivity contribution in [1.82, 2.24) is 25.1 Å². The maximum Gasteiger partial charge on any atom is 0.254 e. The van der Waals surface area contributed by atoms with Gasteiger partial charge in [0.25, 0.3) is 5.91 Å². The molecule has 0 fully saturated rings. The number of pyridine rings is 1. The van der Waals surface area contributed by atoms with Crippen LogP contribution in [0.4, 0.5) is 0 Å². The van der Waals surface area contributed by atoms with E-state index in [0.29, 0.717) is 17.9 Å². The Hall–Kier alpha value is -1.95. The molecule has 2 aromatic heterocycles. The normalized spacial score (nSPS) is 10.3. The SMILES string of the molecule is CCn1cnnc1CNC(=O)c1cccnc1Cl. The first-order chi connectivity index (χ1) is 8.72. The predicted octanol–water partition coefficient (Wildman–Crippen LogP) is 1.28. The fourth-order valence-corrected chi connectivity index (χ4v) is 1.70. The van der Waals surface area contributed by atoms with E-state index in [0.717, 1.165) is 6.54 Å². The Morgan fingerprint density at radius 3 is 3.11 bits per heavy atom. The van der Waals surface area contributed by atoms with Gasteiger partial charge in [-0.15, -0.1) is 10.2 Å². The zero-order chi connectivity index (χ0) is 13.0. The molecule has 94 valence electrons. The number of carbonyl (C=O) groups is 1. The summed E-state index contributed by atoms with van der Waals surface area (Å²) in [6.45, 7) is 3.04. The average Bonchev–Trinajstić information content (AvgIpc) is 2.84. The number of aromatic nitrogens is 4. The van der Waals surface area contributed by atoms with Gasteiger partial charge in [-0.2, -0.15) is 0 Å². The minimum Gasteiger partial charge on any atom is -0.345 e. The van der Waals surface area contributed by atoms with Gasteiger partial charge in [0.15, 0.2) is 5.82 Å². The molecule has 0 saturated heterocycles. The lowest BCUT2D eigenvalue weighted by atomic mass is 10.2. The highest BCUT2D eigenvalue weighted by Gasteiger charge is 2.11. The molecule has 1 N–H and O–H groups in total. The second kappa shape index (κ2) is 5.59. The quantitative estimate of drug-likeness (QED) is 0.845. The molecule has 0 unspecified atom stereocenters. The summed E-state index contributed by atoms with van der Waals surface area (Å²) >= 11 is 5.83. The van der Waals surface area contributed by atoms with Crippen molar-refractivity contribution in [3.8, 4) is 0 Å². The lowest BCUT2D eigenvalue weighted by Gasteiger charge is -2.06. The summed E-state index contributed by atoms with van der Waals surface area (Å²) in [4.78, 5) is 15.7. The number of aryl methyl sites for hydroxylation is 1. The Morgan fingerprint density at radius 1 is 1.56 bits per heavy atom. The van der Waals surface area contributed by atoms with E-state index in [4.69, 9.17) is 11.6 Å². The Labute approximate surface area is 109 Å². The molecule has 0 spiro atoms. The van der Waals surface area contributed by atoms with E-state index >= 15 is 0 Å². The molecule has 0 radical (unpaired) electrons. The van der Waals surface area contributed by atoms with Crippen molar-refractivity contribution in [2.45, 2.75) is 20.0 Å². The third-order valence-corrected chi connectivity index (χ3v) is 2.75. The van der Waals surface area contributed by atoms with E-state index in [9.17, 15) is 4.79 Å². The molecular weight excluding hydrogens is 254 g/mol. The van der Waals surface area contributed by atoms with Crippen LogP contribution in [0.1, 0.15) is 23.1 Å². The van der Waals surface area contributed by atoms with Crippen LogP contribution in [0.15, 0.2) is 24.7 Å². The molecule has 7 heteroatoms. The first-order valence-corrected chi connectivity index (χ1v) is 5.85. The molecule has 0 aliphatic rings. The van der Waals surface area contributed by atoms with Crippen molar-refractivity contribution in [3.63, 3.8) is 0 Å². The van der Waals surface area contributed by atoms with Crippen LogP contribution in [0.3, 0.4) is 0 Å². The smallest absolute Gasteiger partial charge is 0.254 e. The average molecular weight is 266 g/mol. The number of nitrogens with zero attached hydrogens (tertiary/aromatic N) is 4. The molecule has 1 amide bonds. The Morgan fingerprint density at radius 2 is 2.39 bits per heavy atom. The number of nitrogens with one attached hydrogen (secondary N) is 1. The van der Waals surface area contributed by atoms with E-state index in [1.165, 1.54) is 6.20 Å². The minimum absolute atomic E-state index is 0.187. The van der Waals surface area contributed by atoms with Crippen molar-refractivity contribution in [2.75, 3.05) is 0 Å². The zero-order valence-electron chi connectivity index (χ0n) is 9.80. The van der Waals surface area contributed by atoms with E-state index in [2.05, 4.69) is 20.5 Å². The first kappa shape index (κ1) is 12.5. The van der Waals surface area contributed by atoms with E-state index in [1.54, 1.807) is 18.5 Å². The van der Waals surface area contributed by atoms with Crippen molar-refractivity contribution in [1.29, 1.82) is 0 Å². The highest BCUT2D eigenvalue weighted by molar-refractivity contribution is 6.32. The summed E-state index contributed by atoms with van der Waals surface area (Å²) in [7, 11) is 0. The van der Waals surface area contributed by atoms with E-state index < -0.39 is 0 Å². The van der Waals surface area contributed by atoms with Crippen LogP contribution in [-0.4, -0.2) is 25.7 Å². The summed E-state index contributed by atoms with van der Waals surface area (Å²) in [6, 6.07) is 3.28. The van der Waals surface area contributed by atoms with Gasteiger partial charge < -0.3 is 9.88 Å². The van der Waals surface area contributed by atoms with Crippen LogP contribution in [0.2, 0.25) is 5.15 Å². The Balaban J connectivity index is 2.03. The lowest BCUT2D eigenvalue weighted by molar-refractivity contribution is 0.0949. The van der Waals surface area contributed by atoms with Crippen LogP contribution < -0.4 is 5.32 Å². The molecule has 0 aromatic carbocycles. The van der Waals surface area contributed by atoms with Crippen molar-refractivity contribution >= 4 is 17.5 Å². The summed E-state index contributed by atoms with van der Waals surface area (Å²) < 4.78 is 1.85. The fraction of sp³-hybridized carbons (Fsp3) is 0.273. The van der Waals surface area contributed by atoms with Gasteiger partial charge in [0, 0.05) is 12.7 Å². The second-order valence-electron chi connectivity index (χ2n) is 3.56. The summed E-state index contributed by atoms with van der Waals surface area (Å²) in [5.74, 6) is 0.421. The molecular formula is C11H12ClN5O.